The largest absolute Gasteiger partial charge is 0.277 e. The summed E-state index contributed by atoms with van der Waals surface area (Å²) in [5.74, 6) is -71.5. The Morgan fingerprint density at radius 2 is 0.621 bits per heavy atom. The van der Waals surface area contributed by atoms with Gasteiger partial charge in [0.2, 0.25) is 11.9 Å². The van der Waals surface area contributed by atoms with Crippen molar-refractivity contribution in [3.05, 3.63) is 164 Å². The zero-order chi connectivity index (χ0) is 43.5. The second kappa shape index (κ2) is 15.8. The van der Waals surface area contributed by atoms with E-state index in [0.29, 0.717) is 0 Å². The second-order valence-electron chi connectivity index (χ2n) is 11.2. The van der Waals surface area contributed by atoms with Crippen molar-refractivity contribution in [3.63, 3.8) is 0 Å². The summed E-state index contributed by atoms with van der Waals surface area (Å²) in [4.78, 5) is 5.20. The number of hydrogen-bond donors (Lipinski definition) is 0. The van der Waals surface area contributed by atoms with Gasteiger partial charge in [-0.3, -0.25) is 0 Å². The average molecular weight is 875 g/mol. The molecule has 0 spiro atoms. The van der Waals surface area contributed by atoms with Gasteiger partial charge in [-0.05, 0) is 12.1 Å². The van der Waals surface area contributed by atoms with E-state index in [2.05, 4.69) is 0 Å². The molecule has 6 rings (SSSR count). The Morgan fingerprint density at radius 3 is 0.862 bits per heavy atom. The summed E-state index contributed by atoms with van der Waals surface area (Å²) < 4.78 is 308. The fraction of sp³-hybridized carbons (Fsp3) is 0. The van der Waals surface area contributed by atoms with Crippen LogP contribution in [0, 0.1) is 122 Å². The van der Waals surface area contributed by atoms with Crippen LogP contribution < -0.4 is 31.4 Å². The molecule has 0 aliphatic rings. The topological polar surface area (TPSA) is 13.1 Å². The molecule has 0 saturated carbocycles. The Bertz CT molecular complexity index is 2240. The lowest BCUT2D eigenvalue weighted by atomic mass is 9.12. The molecule has 25 heteroatoms. The molecule has 306 valence electrons. The fourth-order valence-electron chi connectivity index (χ4n) is 5.78. The van der Waals surface area contributed by atoms with E-state index < -0.39 is 144 Å². The summed E-state index contributed by atoms with van der Waals surface area (Å²) in [7, 11) is 0. The van der Waals surface area contributed by atoms with Crippen molar-refractivity contribution in [2.75, 3.05) is 0 Å². The third-order valence-corrected chi connectivity index (χ3v) is 8.81. The van der Waals surface area contributed by atoms with Gasteiger partial charge in [-0.1, -0.05) is 23.5 Å². The van der Waals surface area contributed by atoms with Crippen LogP contribution in [-0.4, -0.2) is 6.15 Å². The van der Waals surface area contributed by atoms with Crippen LogP contribution in [0.4, 0.5) is 92.2 Å². The van der Waals surface area contributed by atoms with Crippen molar-refractivity contribution in [2.45, 2.75) is 0 Å². The second-order valence-corrected chi connectivity index (χ2v) is 12.0. The van der Waals surface area contributed by atoms with Crippen molar-refractivity contribution < 1.29 is 102 Å². The smallest absolute Gasteiger partial charge is 0.227 e. The van der Waals surface area contributed by atoms with E-state index in [-0.39, 0.29) is 11.6 Å². The monoisotopic (exact) mass is 875 g/mol. The van der Waals surface area contributed by atoms with Crippen LogP contribution >= 0.6 is 11.3 Å². The van der Waals surface area contributed by atoms with E-state index in [9.17, 15) is 57.1 Å². The highest BCUT2D eigenvalue weighted by atomic mass is 32.1. The van der Waals surface area contributed by atoms with Crippen LogP contribution in [0.2, 0.25) is 0 Å². The van der Waals surface area contributed by atoms with Crippen LogP contribution in [-0.2, 0) is 0 Å². The maximum absolute atomic E-state index is 15.4. The van der Waals surface area contributed by atoms with Gasteiger partial charge >= 0.3 is 0 Å². The van der Waals surface area contributed by atoms with E-state index in [4.69, 9.17) is 4.84 Å². The molecule has 0 aliphatic carbocycles. The normalized spacial score (nSPS) is 11.5. The lowest BCUT2D eigenvalue weighted by molar-refractivity contribution is -0.872. The molecule has 6 aromatic rings. The van der Waals surface area contributed by atoms with Crippen molar-refractivity contribution in [1.82, 2.24) is 0 Å². The fourth-order valence-corrected chi connectivity index (χ4v) is 6.28. The molecule has 2 nitrogen and oxygen atoms in total. The lowest BCUT2D eigenvalue weighted by Crippen LogP contribution is -2.81. The number of rotatable bonds is 6. The number of hydrogen-bond acceptors (Lipinski definition) is 2. The maximum Gasteiger partial charge on any atom is 0.277 e. The van der Waals surface area contributed by atoms with Crippen molar-refractivity contribution >= 4 is 39.3 Å². The van der Waals surface area contributed by atoms with E-state index in [1.54, 1.807) is 29.9 Å². The van der Waals surface area contributed by atoms with E-state index in [0.717, 1.165) is 0 Å². The molecule has 5 aromatic carbocycles. The summed E-state index contributed by atoms with van der Waals surface area (Å²) in [6.45, 7) is 0. The summed E-state index contributed by atoms with van der Waals surface area (Å²) in [6.07, 6.45) is -5.50. The molecule has 0 amide bonds. The molecule has 0 saturated heterocycles. The predicted molar refractivity (Wildman–Crippen MR) is 156 cm³/mol. The van der Waals surface area contributed by atoms with Crippen LogP contribution in [0.3, 0.4) is 0 Å². The number of nitrogens with zero attached hydrogens (tertiary/aromatic N) is 1. The first-order chi connectivity index (χ1) is 27.1. The molecule has 0 atom stereocenters. The Morgan fingerprint density at radius 1 is 0.362 bits per heavy atom. The first kappa shape index (κ1) is 43.3. The molecule has 0 radical (unpaired) electrons. The summed E-state index contributed by atoms with van der Waals surface area (Å²) >= 11 is 1.48. The third kappa shape index (κ3) is 6.53. The van der Waals surface area contributed by atoms with E-state index in [1.165, 1.54) is 22.1 Å². The number of halogens is 21. The van der Waals surface area contributed by atoms with Crippen LogP contribution in [0.15, 0.2) is 41.4 Å². The van der Waals surface area contributed by atoms with E-state index in [1.807, 2.05) is 5.38 Å². The van der Waals surface area contributed by atoms with Gasteiger partial charge in [-0.2, -0.15) is 0 Å². The quantitative estimate of drug-likeness (QED) is 0.0547. The van der Waals surface area contributed by atoms with Gasteiger partial charge in [-0.15, -0.1) is 21.9 Å². The number of benzene rings is 5. The van der Waals surface area contributed by atoms with E-state index >= 15 is 35.1 Å². The minimum absolute atomic E-state index is 0.228. The zero-order valence-electron chi connectivity index (χ0n) is 26.8. The van der Waals surface area contributed by atoms with Crippen molar-refractivity contribution in [2.24, 2.45) is 0 Å². The van der Waals surface area contributed by atoms with Crippen LogP contribution in [0.25, 0.3) is 0 Å². The molecule has 58 heavy (non-hydrogen) atoms. The molecule has 1 aromatic heterocycles. The van der Waals surface area contributed by atoms with Gasteiger partial charge < -0.3 is 0 Å². The molecule has 0 unspecified atom stereocenters. The lowest BCUT2D eigenvalue weighted by Gasteiger charge is -2.44. The Balaban J connectivity index is 0.000000414. The molecule has 0 aliphatic heterocycles. The molecule has 0 N–H and O–H groups in total. The molecule has 1 heterocycles. The minimum atomic E-state index is -7.22. The van der Waals surface area contributed by atoms with Gasteiger partial charge in [0.15, 0.2) is 75.6 Å². The summed E-state index contributed by atoms with van der Waals surface area (Å²) in [6, 6.07) is 6.30. The Labute approximate surface area is 310 Å². The predicted octanol–water partition coefficient (Wildman–Crippen LogP) is 7.86. The van der Waals surface area contributed by atoms with Crippen molar-refractivity contribution in [1.29, 1.82) is 0 Å². The molecular weight excluding hydrogens is 868 g/mol. The van der Waals surface area contributed by atoms with Gasteiger partial charge in [0.1, 0.15) is 52.7 Å². The zero-order valence-corrected chi connectivity index (χ0v) is 27.6. The summed E-state index contributed by atoms with van der Waals surface area (Å²) in [5, 5.41) is 1.85. The Hall–Kier alpha value is -5.88. The number of thiazole rings is 1. The van der Waals surface area contributed by atoms with Crippen LogP contribution in [0.1, 0.15) is 0 Å². The SMILES string of the molecule is Fc1c(F)c(F)c([B-](c2c(F)c(F)c(F)c(F)c2F)(c2c(F)c(F)c(F)c(F)c2F)c2c(F)c(F)c(F)c(F)c2F)c(F)c1F.Fc1ccccc1O[n+]1ccsc1. The van der Waals surface area contributed by atoms with Gasteiger partial charge in [0.05, 0.1) is 5.38 Å². The first-order valence-electron chi connectivity index (χ1n) is 14.7. The van der Waals surface area contributed by atoms with Gasteiger partial charge in [0.25, 0.3) is 5.51 Å². The Kier molecular flexibility index (Phi) is 11.8. The molecular formula is C33H7BF21NOS. The standard InChI is InChI=1S/C24BF20.C9H7FNOS/c26-5-1(6(27)14(35)21(42)13(5)34)25(2-7(28)15(36)22(43)16(37)8(2)29,3-9(30)17(38)23(44)18(39)10(3)31)4-11(32)19(40)24(45)20(41)12(4)33;10-8-3-1-2-4-9(8)12-11-5-6-13-7-11/h;1-7H/q-1;+1. The third-order valence-electron chi connectivity index (χ3n) is 8.20. The first-order valence-corrected chi connectivity index (χ1v) is 15.6. The van der Waals surface area contributed by atoms with Crippen LogP contribution in [0.5, 0.6) is 5.75 Å². The van der Waals surface area contributed by atoms with Crippen molar-refractivity contribution in [3.8, 4) is 5.75 Å². The van der Waals surface area contributed by atoms with Gasteiger partial charge in [0, 0.05) is 4.73 Å². The summed E-state index contributed by atoms with van der Waals surface area (Å²) in [5.41, 5.74) is -12.6. The highest BCUT2D eigenvalue weighted by molar-refractivity contribution is 7.20. The maximum atomic E-state index is 15.4. The number of para-hydroxylation sites is 1. The minimum Gasteiger partial charge on any atom is -0.227 e. The van der Waals surface area contributed by atoms with Gasteiger partial charge in [-0.25, -0.2) is 97.0 Å². The average Bonchev–Trinajstić information content (AvgIpc) is 3.72. The highest BCUT2D eigenvalue weighted by Crippen LogP contribution is 2.30. The molecule has 0 fully saturated rings. The number of aromatic nitrogens is 1. The molecule has 0 bridgehead atoms. The highest BCUT2D eigenvalue weighted by Gasteiger charge is 2.52.